The van der Waals surface area contributed by atoms with Crippen molar-refractivity contribution in [2.24, 2.45) is 11.5 Å². The van der Waals surface area contributed by atoms with E-state index < -0.39 is 127 Å². The van der Waals surface area contributed by atoms with Crippen molar-refractivity contribution in [1.82, 2.24) is 41.7 Å². The summed E-state index contributed by atoms with van der Waals surface area (Å²) in [5, 5.41) is 39.2. The van der Waals surface area contributed by atoms with Gasteiger partial charge in [-0.05, 0) is 0 Å². The van der Waals surface area contributed by atoms with Crippen molar-refractivity contribution >= 4 is 27.5 Å². The van der Waals surface area contributed by atoms with Gasteiger partial charge in [0.25, 0.3) is 0 Å². The third-order valence-electron chi connectivity index (χ3n) is 8.78. The van der Waals surface area contributed by atoms with Crippen LogP contribution in [0.15, 0.2) is 0 Å². The quantitative estimate of drug-likeness (QED) is 0.119. The maximum absolute atomic E-state index is 13.1. The molecule has 46 heavy (non-hydrogen) atoms. The fourth-order valence-corrected chi connectivity index (χ4v) is 8.65. The number of hydrogen-bond donors (Lipinski definition) is 12. The summed E-state index contributed by atoms with van der Waals surface area (Å²) >= 11 is 0. The Balaban J connectivity index is 1.09. The highest BCUT2D eigenvalue weighted by Gasteiger charge is 2.58. The van der Waals surface area contributed by atoms with E-state index in [-0.39, 0.29) is 13.3 Å². The predicted octanol–water partition coefficient (Wildman–Crippen LogP) is -7.79. The first-order chi connectivity index (χ1) is 21.7. The highest BCUT2D eigenvalue weighted by atomic mass is 31.2. The molecule has 0 aromatic heterocycles. The fraction of sp³-hybridized carbons (Fsp3) is 0.900. The van der Waals surface area contributed by atoms with Crippen molar-refractivity contribution in [3.63, 3.8) is 0 Å². The Kier molecular flexibility index (Phi) is 8.82. The van der Waals surface area contributed by atoms with Gasteiger partial charge in [-0.15, -0.1) is 0 Å². The lowest BCUT2D eigenvalue weighted by Crippen LogP contribution is -2.71. The summed E-state index contributed by atoms with van der Waals surface area (Å²) in [6.45, 7) is -1.55. The number of nitrogens with two attached hydrogens (primary N) is 2. The molecular weight excluding hydrogens is 666 g/mol. The van der Waals surface area contributed by atoms with Crippen molar-refractivity contribution < 1.29 is 66.3 Å². The molecule has 7 aliphatic heterocycles. The van der Waals surface area contributed by atoms with Crippen LogP contribution in [0.2, 0.25) is 0 Å². The van der Waals surface area contributed by atoms with Crippen LogP contribution in [0.3, 0.4) is 0 Å². The second kappa shape index (κ2) is 12.2. The molecule has 7 rings (SSSR count). The molecule has 0 aromatic carbocycles. The first kappa shape index (κ1) is 33.2. The average molecular weight is 703 g/mol. The molecule has 7 heterocycles. The van der Waals surface area contributed by atoms with Crippen LogP contribution < -0.4 is 43.4 Å². The first-order valence-electron chi connectivity index (χ1n) is 14.3. The van der Waals surface area contributed by atoms with Crippen LogP contribution in [0.5, 0.6) is 0 Å². The number of aliphatic hydroxyl groups excluding tert-OH is 2. The second-order valence-electron chi connectivity index (χ2n) is 11.7. The molecule has 16 atom stereocenters. The van der Waals surface area contributed by atoms with E-state index >= 15 is 0 Å². The number of nitrogens with one attached hydrogen (secondary N) is 6. The average Bonchev–Trinajstić information content (AvgIpc) is 3.72. The molecule has 24 nitrogen and oxygen atoms in total. The van der Waals surface area contributed by atoms with Crippen molar-refractivity contribution in [2.45, 2.75) is 86.1 Å². The fourth-order valence-electron chi connectivity index (χ4n) is 6.72. The molecule has 0 aromatic rings. The van der Waals surface area contributed by atoms with E-state index in [1.807, 2.05) is 0 Å². The molecular formula is C20H36N10O14P2. The monoisotopic (exact) mass is 702 g/mol. The molecule has 26 heteroatoms. The van der Waals surface area contributed by atoms with Gasteiger partial charge in [0.15, 0.2) is 0 Å². The Morgan fingerprint density at radius 2 is 1.11 bits per heavy atom. The third-order valence-corrected chi connectivity index (χ3v) is 10.8. The second-order valence-corrected chi connectivity index (χ2v) is 14.5. The van der Waals surface area contributed by atoms with E-state index in [0.29, 0.717) is 0 Å². The van der Waals surface area contributed by atoms with Crippen LogP contribution in [-0.4, -0.2) is 154 Å². The molecule has 0 spiro atoms. The van der Waals surface area contributed by atoms with E-state index in [1.54, 1.807) is 0 Å². The first-order valence-corrected chi connectivity index (χ1v) is 17.3. The van der Waals surface area contributed by atoms with Gasteiger partial charge in [-0.3, -0.25) is 60.4 Å². The van der Waals surface area contributed by atoms with Gasteiger partial charge in [0, 0.05) is 0 Å². The largest absolute Gasteiger partial charge is 0.472 e. The standard InChI is InChI=1S/C20H36N10O14P2/c21-19-25-13-7(15(33)27-19)23-3-29(13)17-9(31)11-5(41-17)1-39-45(35,36)44-12-6(2-40-46(37,38)43-11)42-18(10(12)32)30-4-24-8-14(30)26-20(22)28-16(8)34/h5-14,17-20,23-26,31-32H,1-4,21-22H2,(H,27,33)(H,28,34)(H,35,36)(H,37,38)/t5-,6-,7?,8?,9-,10-,11-,12-,13?,14?,17-,18-,19?,20?/m1/s1. The number of nitrogens with zero attached hydrogens (tertiary/aromatic N) is 2. The van der Waals surface area contributed by atoms with Crippen molar-refractivity contribution in [2.75, 3.05) is 26.6 Å². The Hall–Kier alpha value is -1.32. The molecule has 260 valence electrons. The number of rotatable bonds is 2. The molecule has 0 saturated carbocycles. The summed E-state index contributed by atoms with van der Waals surface area (Å²) in [4.78, 5) is 49.0. The van der Waals surface area contributed by atoms with Gasteiger partial charge in [-0.1, -0.05) is 0 Å². The Bertz CT molecular complexity index is 1230. The summed E-state index contributed by atoms with van der Waals surface area (Å²) < 4.78 is 59.0. The zero-order chi connectivity index (χ0) is 32.7. The molecule has 7 saturated heterocycles. The zero-order valence-electron chi connectivity index (χ0n) is 23.7. The topological polar surface area (TPSA) is 335 Å². The van der Waals surface area contributed by atoms with Gasteiger partial charge < -0.3 is 40.1 Å². The molecule has 7 fully saturated rings. The number of aliphatic hydroxyl groups is 2. The van der Waals surface area contributed by atoms with Crippen LogP contribution in [0.4, 0.5) is 0 Å². The summed E-state index contributed by atoms with van der Waals surface area (Å²) in [5.74, 6) is -0.822. The maximum Gasteiger partial charge on any atom is 0.472 e. The Morgan fingerprint density at radius 3 is 1.50 bits per heavy atom. The number of carbonyl (C=O) groups is 2. The minimum absolute atomic E-state index is 0.0133. The SMILES string of the molecule is NC1NC(=O)C2NCN([C@@H]3O[C@@H]4COP(=O)(O)O[C@H]5[C@@H](O)[C@H](N6CNC7C(=O)NC(N)NC76)O[C@@H]5COP(=O)(O)O[C@H]4[C@H]3O)C2N1. The van der Waals surface area contributed by atoms with Gasteiger partial charge in [0.1, 0.15) is 73.7 Å². The number of hydrogen-bond acceptors (Lipinski definition) is 20. The van der Waals surface area contributed by atoms with Crippen LogP contribution in [-0.2, 0) is 46.3 Å². The third kappa shape index (κ3) is 6.05. The molecule has 0 bridgehead atoms. The van der Waals surface area contributed by atoms with E-state index in [0.717, 1.165) is 0 Å². The summed E-state index contributed by atoms with van der Waals surface area (Å²) in [5.41, 5.74) is 11.7. The number of carbonyl (C=O) groups excluding carboxylic acids is 2. The molecule has 7 aliphatic rings. The summed E-state index contributed by atoms with van der Waals surface area (Å²) in [6, 6.07) is -1.56. The molecule has 8 unspecified atom stereocenters. The normalized spacial score (nSPS) is 53.7. The van der Waals surface area contributed by atoms with Crippen LogP contribution in [0.1, 0.15) is 0 Å². The molecule has 2 amide bonds. The number of amides is 2. The highest BCUT2D eigenvalue weighted by molar-refractivity contribution is 7.47. The molecule has 0 radical (unpaired) electrons. The van der Waals surface area contributed by atoms with Crippen molar-refractivity contribution in [3.8, 4) is 0 Å². The number of ether oxygens (including phenoxy) is 2. The van der Waals surface area contributed by atoms with Gasteiger partial charge in [0.05, 0.1) is 38.9 Å². The predicted molar refractivity (Wildman–Crippen MR) is 144 cm³/mol. The lowest BCUT2D eigenvalue weighted by atomic mass is 10.1. The van der Waals surface area contributed by atoms with E-state index in [9.17, 15) is 38.7 Å². The Morgan fingerprint density at radius 1 is 0.717 bits per heavy atom. The molecule has 14 N–H and O–H groups in total. The molecule has 0 aliphatic carbocycles. The van der Waals surface area contributed by atoms with Crippen LogP contribution in [0.25, 0.3) is 0 Å². The Labute approximate surface area is 259 Å². The van der Waals surface area contributed by atoms with Gasteiger partial charge >= 0.3 is 15.6 Å². The van der Waals surface area contributed by atoms with Crippen molar-refractivity contribution in [1.29, 1.82) is 0 Å². The maximum atomic E-state index is 13.1. The minimum Gasteiger partial charge on any atom is -0.386 e. The van der Waals surface area contributed by atoms with E-state index in [1.165, 1.54) is 9.80 Å². The van der Waals surface area contributed by atoms with E-state index in [4.69, 9.17) is 39.0 Å². The van der Waals surface area contributed by atoms with Gasteiger partial charge in [-0.2, -0.15) is 0 Å². The lowest BCUT2D eigenvalue weighted by Gasteiger charge is -2.37. The highest BCUT2D eigenvalue weighted by Crippen LogP contribution is 2.52. The smallest absolute Gasteiger partial charge is 0.386 e. The van der Waals surface area contributed by atoms with Crippen LogP contribution >= 0.6 is 15.6 Å². The number of fused-ring (bicyclic) bond motifs is 4. The van der Waals surface area contributed by atoms with Gasteiger partial charge in [0.2, 0.25) is 11.8 Å². The minimum atomic E-state index is -5.02. The number of phosphoric ester groups is 2. The van der Waals surface area contributed by atoms with E-state index in [2.05, 4.69) is 31.9 Å². The lowest BCUT2D eigenvalue weighted by molar-refractivity contribution is -0.134. The van der Waals surface area contributed by atoms with Crippen LogP contribution in [0, 0.1) is 0 Å². The summed E-state index contributed by atoms with van der Waals surface area (Å²) in [7, 11) is -10.0. The zero-order valence-corrected chi connectivity index (χ0v) is 25.5. The number of phosphoric acid groups is 2. The van der Waals surface area contributed by atoms with Gasteiger partial charge in [-0.25, -0.2) is 18.9 Å². The van der Waals surface area contributed by atoms with Crippen molar-refractivity contribution in [3.05, 3.63) is 0 Å². The summed E-state index contributed by atoms with van der Waals surface area (Å²) in [6.07, 6.45) is -15.4.